The number of carbonyl (C=O) groups excluding carboxylic acids is 2. The summed E-state index contributed by atoms with van der Waals surface area (Å²) < 4.78 is 7.21. The lowest BCUT2D eigenvalue weighted by atomic mass is 9.96. The molecular formula is C29H23N5O3S2. The minimum Gasteiger partial charge on any atom is -0.452 e. The summed E-state index contributed by atoms with van der Waals surface area (Å²) in [7, 11) is 0. The van der Waals surface area contributed by atoms with Gasteiger partial charge in [-0.05, 0) is 67.8 Å². The van der Waals surface area contributed by atoms with Gasteiger partial charge in [0, 0.05) is 4.88 Å². The fourth-order valence-corrected chi connectivity index (χ4v) is 6.84. The van der Waals surface area contributed by atoms with Crippen LogP contribution in [0.3, 0.4) is 0 Å². The maximum atomic E-state index is 13.4. The molecule has 1 aromatic carbocycles. The zero-order valence-electron chi connectivity index (χ0n) is 21.1. The van der Waals surface area contributed by atoms with E-state index in [4.69, 9.17) is 9.72 Å². The van der Waals surface area contributed by atoms with Crippen molar-refractivity contribution in [3.05, 3.63) is 81.2 Å². The predicted molar refractivity (Wildman–Crippen MR) is 152 cm³/mol. The number of benzene rings is 1. The van der Waals surface area contributed by atoms with Gasteiger partial charge < -0.3 is 10.1 Å². The molecule has 1 N–H and O–H groups in total. The highest BCUT2D eigenvalue weighted by molar-refractivity contribution is 7.16. The predicted octanol–water partition coefficient (Wildman–Crippen LogP) is 6.06. The monoisotopic (exact) mass is 553 g/mol. The first-order chi connectivity index (χ1) is 19.0. The molecule has 0 bridgehead atoms. The van der Waals surface area contributed by atoms with E-state index < -0.39 is 18.5 Å². The molecule has 0 fully saturated rings. The van der Waals surface area contributed by atoms with E-state index >= 15 is 0 Å². The lowest BCUT2D eigenvalue weighted by Gasteiger charge is -2.10. The molecule has 1 amide bonds. The highest BCUT2D eigenvalue weighted by atomic mass is 32.1. The molecule has 0 aliphatic heterocycles. The highest BCUT2D eigenvalue weighted by Crippen LogP contribution is 2.37. The lowest BCUT2D eigenvalue weighted by Crippen LogP contribution is -2.21. The molecule has 8 nitrogen and oxygen atoms in total. The van der Waals surface area contributed by atoms with Gasteiger partial charge in [0.2, 0.25) is 0 Å². The summed E-state index contributed by atoms with van der Waals surface area (Å²) in [4.78, 5) is 33.1. The molecule has 0 saturated carbocycles. The van der Waals surface area contributed by atoms with Crippen molar-refractivity contribution in [2.45, 2.75) is 32.6 Å². The number of esters is 1. The van der Waals surface area contributed by atoms with Crippen LogP contribution in [0.5, 0.6) is 0 Å². The number of ether oxygens (including phenoxy) is 1. The topological polar surface area (TPSA) is 110 Å². The smallest absolute Gasteiger partial charge is 0.339 e. The SMILES string of the molecule is Cc1nn(-c2ccccc2)c2nc(-c3cccs3)cc(C(=O)OCC(=O)Nc3sc4c(c3C#N)CCCC4)c12. The van der Waals surface area contributed by atoms with Crippen molar-refractivity contribution in [2.24, 2.45) is 0 Å². The molecule has 0 unspecified atom stereocenters. The first-order valence-electron chi connectivity index (χ1n) is 12.5. The first kappa shape index (κ1) is 25.0. The number of aryl methyl sites for hydroxylation is 2. The number of nitrogens with one attached hydrogen (secondary N) is 1. The number of carbonyl (C=O) groups is 2. The Morgan fingerprint density at radius 1 is 1.15 bits per heavy atom. The number of thiophene rings is 2. The van der Waals surface area contributed by atoms with Crippen LogP contribution >= 0.6 is 22.7 Å². The molecule has 0 atom stereocenters. The largest absolute Gasteiger partial charge is 0.452 e. The van der Waals surface area contributed by atoms with Gasteiger partial charge >= 0.3 is 5.97 Å². The molecule has 0 spiro atoms. The zero-order valence-corrected chi connectivity index (χ0v) is 22.7. The van der Waals surface area contributed by atoms with Gasteiger partial charge in [0.15, 0.2) is 12.3 Å². The van der Waals surface area contributed by atoms with Crippen LogP contribution in [0, 0.1) is 18.3 Å². The number of fused-ring (bicyclic) bond motifs is 2. The van der Waals surface area contributed by atoms with Crippen molar-refractivity contribution in [2.75, 3.05) is 11.9 Å². The van der Waals surface area contributed by atoms with Crippen molar-refractivity contribution < 1.29 is 14.3 Å². The number of rotatable bonds is 6. The second-order valence-corrected chi connectivity index (χ2v) is 11.3. The van der Waals surface area contributed by atoms with E-state index in [1.807, 2.05) is 54.8 Å². The molecule has 6 rings (SSSR count). The van der Waals surface area contributed by atoms with Crippen LogP contribution < -0.4 is 5.32 Å². The molecule has 0 radical (unpaired) electrons. The number of pyridine rings is 1. The van der Waals surface area contributed by atoms with Crippen molar-refractivity contribution in [3.63, 3.8) is 0 Å². The van der Waals surface area contributed by atoms with Crippen LogP contribution in [0.1, 0.15) is 44.9 Å². The number of para-hydroxylation sites is 1. The molecule has 5 aromatic rings. The molecule has 0 saturated heterocycles. The van der Waals surface area contributed by atoms with Crippen LogP contribution in [0.2, 0.25) is 0 Å². The normalized spacial score (nSPS) is 12.6. The highest BCUT2D eigenvalue weighted by Gasteiger charge is 2.24. The van der Waals surface area contributed by atoms with Gasteiger partial charge in [-0.3, -0.25) is 4.79 Å². The number of amides is 1. The molecule has 194 valence electrons. The maximum absolute atomic E-state index is 13.4. The summed E-state index contributed by atoms with van der Waals surface area (Å²) in [5.74, 6) is -1.13. The minimum atomic E-state index is -0.642. The van der Waals surface area contributed by atoms with Crippen molar-refractivity contribution in [1.29, 1.82) is 5.26 Å². The van der Waals surface area contributed by atoms with E-state index in [2.05, 4.69) is 16.5 Å². The lowest BCUT2D eigenvalue weighted by molar-refractivity contribution is -0.119. The maximum Gasteiger partial charge on any atom is 0.339 e. The Kier molecular flexibility index (Phi) is 6.69. The van der Waals surface area contributed by atoms with Gasteiger partial charge in [-0.25, -0.2) is 14.5 Å². The third-order valence-electron chi connectivity index (χ3n) is 6.68. The van der Waals surface area contributed by atoms with E-state index in [9.17, 15) is 14.9 Å². The van der Waals surface area contributed by atoms with Crippen LogP contribution in [0.4, 0.5) is 5.00 Å². The second kappa shape index (κ2) is 10.4. The fourth-order valence-electron chi connectivity index (χ4n) is 4.89. The minimum absolute atomic E-state index is 0.292. The van der Waals surface area contributed by atoms with Crippen molar-refractivity contribution in [3.8, 4) is 22.3 Å². The third kappa shape index (κ3) is 4.71. The quantitative estimate of drug-likeness (QED) is 0.256. The molecular weight excluding hydrogens is 530 g/mol. The summed E-state index contributed by atoms with van der Waals surface area (Å²) in [6.45, 7) is 1.34. The van der Waals surface area contributed by atoms with Crippen LogP contribution in [0.25, 0.3) is 27.3 Å². The number of anilines is 1. The van der Waals surface area contributed by atoms with Crippen LogP contribution in [-0.2, 0) is 22.4 Å². The van der Waals surface area contributed by atoms with Crippen molar-refractivity contribution in [1.82, 2.24) is 14.8 Å². The second-order valence-electron chi connectivity index (χ2n) is 9.21. The number of hydrogen-bond acceptors (Lipinski definition) is 8. The standard InChI is InChI=1S/C29H23N5O3S2/c1-17-26-20(29(36)37-16-25(35)32-28-21(15-30)19-10-5-6-11-23(19)39-28)14-22(24-12-7-13-38-24)31-27(26)34(33-17)18-8-3-2-4-9-18/h2-4,7-9,12-14H,5-6,10-11,16H2,1H3,(H,32,35). The van der Waals surface area contributed by atoms with Gasteiger partial charge in [-0.1, -0.05) is 24.3 Å². The Morgan fingerprint density at radius 3 is 2.74 bits per heavy atom. The first-order valence-corrected chi connectivity index (χ1v) is 14.2. The Hall–Kier alpha value is -4.33. The summed E-state index contributed by atoms with van der Waals surface area (Å²) in [5, 5.41) is 20.2. The van der Waals surface area contributed by atoms with Gasteiger partial charge in [0.05, 0.1) is 38.5 Å². The van der Waals surface area contributed by atoms with E-state index in [-0.39, 0.29) is 0 Å². The number of nitriles is 1. The molecule has 10 heteroatoms. The molecule has 4 aromatic heterocycles. The number of hydrogen-bond donors (Lipinski definition) is 1. The summed E-state index contributed by atoms with van der Waals surface area (Å²) in [6.07, 6.45) is 3.88. The van der Waals surface area contributed by atoms with Crippen LogP contribution in [-0.4, -0.2) is 33.2 Å². The van der Waals surface area contributed by atoms with Gasteiger partial charge in [0.1, 0.15) is 11.1 Å². The number of aromatic nitrogens is 3. The Bertz CT molecular complexity index is 1750. The van der Waals surface area contributed by atoms with E-state index in [0.29, 0.717) is 38.5 Å². The van der Waals surface area contributed by atoms with Crippen LogP contribution in [0.15, 0.2) is 53.9 Å². The molecule has 1 aliphatic carbocycles. The zero-order chi connectivity index (χ0) is 26.9. The summed E-state index contributed by atoms with van der Waals surface area (Å²) in [5.41, 5.74) is 4.44. The van der Waals surface area contributed by atoms with Gasteiger partial charge in [0.25, 0.3) is 5.91 Å². The molecule has 1 aliphatic rings. The Balaban J connectivity index is 1.30. The Morgan fingerprint density at radius 2 is 1.97 bits per heavy atom. The fraction of sp³-hybridized carbons (Fsp3) is 0.207. The van der Waals surface area contributed by atoms with Gasteiger partial charge in [-0.2, -0.15) is 10.4 Å². The van der Waals surface area contributed by atoms with E-state index in [1.54, 1.807) is 10.7 Å². The molecule has 4 heterocycles. The summed E-state index contributed by atoms with van der Waals surface area (Å²) >= 11 is 2.95. The molecule has 39 heavy (non-hydrogen) atoms. The van der Waals surface area contributed by atoms with E-state index in [1.165, 1.54) is 22.7 Å². The average molecular weight is 554 g/mol. The third-order valence-corrected chi connectivity index (χ3v) is 8.78. The Labute approximate surface area is 232 Å². The summed E-state index contributed by atoms with van der Waals surface area (Å²) in [6, 6.07) is 17.4. The average Bonchev–Trinajstić information content (AvgIpc) is 3.69. The van der Waals surface area contributed by atoms with Crippen molar-refractivity contribution >= 4 is 50.6 Å². The van der Waals surface area contributed by atoms with E-state index in [0.717, 1.165) is 46.7 Å². The number of nitrogens with zero attached hydrogens (tertiary/aromatic N) is 4. The van der Waals surface area contributed by atoms with Gasteiger partial charge in [-0.15, -0.1) is 22.7 Å².